The number of carbonyl (C=O) groups excluding carboxylic acids is 2. The number of fused-ring (bicyclic) bond motifs is 3. The fourth-order valence-corrected chi connectivity index (χ4v) is 7.60. The van der Waals surface area contributed by atoms with Crippen molar-refractivity contribution in [2.75, 3.05) is 12.4 Å². The Labute approximate surface area is 244 Å². The molecule has 40 heavy (non-hydrogen) atoms. The third-order valence-electron chi connectivity index (χ3n) is 6.54. The van der Waals surface area contributed by atoms with E-state index in [-0.39, 0.29) is 9.86 Å². The summed E-state index contributed by atoms with van der Waals surface area (Å²) in [5.41, 5.74) is 5.49. The van der Waals surface area contributed by atoms with Gasteiger partial charge in [-0.05, 0) is 87.4 Å². The van der Waals surface area contributed by atoms with Gasteiger partial charge in [-0.1, -0.05) is 25.1 Å². The standard InChI is InChI=1S/C30H30N2O4S2.C2H6/c1-17-12-22(35-15-23-16-37-30(4,5)38-23)8-9-24(17)29(34)21-7-11-28-26(14-21)25-13-20(6-10-27(25)31-28)18(2)32-36-19(3)33;1-2/h6-14,23,31H,15-16H2,1-5H3;1-2H3/b32-18+;. The number of benzene rings is 3. The minimum absolute atomic E-state index is 0.0291. The molecule has 210 valence electrons. The summed E-state index contributed by atoms with van der Waals surface area (Å²) in [6, 6.07) is 17.3. The number of ketones is 1. The number of rotatable bonds is 7. The van der Waals surface area contributed by atoms with Crippen LogP contribution in [0.3, 0.4) is 0 Å². The topological polar surface area (TPSA) is 80.8 Å². The Morgan fingerprint density at radius 3 is 2.23 bits per heavy atom. The Morgan fingerprint density at radius 1 is 0.975 bits per heavy atom. The summed E-state index contributed by atoms with van der Waals surface area (Å²) >= 11 is 3.93. The average Bonchev–Trinajstić information content (AvgIpc) is 3.49. The maximum absolute atomic E-state index is 13.5. The predicted molar refractivity (Wildman–Crippen MR) is 169 cm³/mol. The number of aromatic amines is 1. The number of thioether (sulfide) groups is 2. The largest absolute Gasteiger partial charge is 0.492 e. The van der Waals surface area contributed by atoms with Crippen molar-refractivity contribution in [1.82, 2.24) is 4.98 Å². The Hall–Kier alpha value is -3.23. The molecule has 4 aromatic rings. The first-order valence-electron chi connectivity index (χ1n) is 13.5. The second kappa shape index (κ2) is 12.5. The number of carbonyl (C=O) groups is 2. The molecular weight excluding hydrogens is 540 g/mol. The third-order valence-corrected chi connectivity index (χ3v) is 9.86. The number of oxime groups is 1. The van der Waals surface area contributed by atoms with E-state index in [1.54, 1.807) is 6.92 Å². The van der Waals surface area contributed by atoms with E-state index in [0.29, 0.717) is 28.7 Å². The van der Waals surface area contributed by atoms with E-state index >= 15 is 0 Å². The molecule has 0 saturated carbocycles. The van der Waals surface area contributed by atoms with Gasteiger partial charge in [0.1, 0.15) is 12.4 Å². The van der Waals surface area contributed by atoms with Gasteiger partial charge in [-0.3, -0.25) is 4.79 Å². The van der Waals surface area contributed by atoms with E-state index in [0.717, 1.165) is 44.4 Å². The second-order valence-electron chi connectivity index (χ2n) is 9.97. The molecule has 0 aliphatic carbocycles. The van der Waals surface area contributed by atoms with Gasteiger partial charge in [0.2, 0.25) is 0 Å². The molecule has 1 N–H and O–H groups in total. The number of hydrogen-bond donors (Lipinski definition) is 1. The van der Waals surface area contributed by atoms with Gasteiger partial charge in [-0.2, -0.15) is 0 Å². The highest BCUT2D eigenvalue weighted by Crippen LogP contribution is 2.47. The van der Waals surface area contributed by atoms with E-state index < -0.39 is 5.97 Å². The number of H-pyrrole nitrogens is 1. The van der Waals surface area contributed by atoms with Crippen molar-refractivity contribution in [3.8, 4) is 5.75 Å². The van der Waals surface area contributed by atoms with E-state index in [4.69, 9.17) is 9.57 Å². The lowest BCUT2D eigenvalue weighted by Crippen LogP contribution is -2.15. The maximum atomic E-state index is 13.5. The average molecular weight is 577 g/mol. The van der Waals surface area contributed by atoms with E-state index in [1.165, 1.54) is 6.92 Å². The predicted octanol–water partition coefficient (Wildman–Crippen LogP) is 8.14. The molecule has 0 radical (unpaired) electrons. The van der Waals surface area contributed by atoms with Crippen LogP contribution in [0, 0.1) is 6.92 Å². The van der Waals surface area contributed by atoms with Crippen LogP contribution in [0.4, 0.5) is 0 Å². The summed E-state index contributed by atoms with van der Waals surface area (Å²) < 4.78 is 6.31. The highest BCUT2D eigenvalue weighted by molar-refractivity contribution is 8.21. The van der Waals surface area contributed by atoms with Crippen LogP contribution < -0.4 is 4.74 Å². The van der Waals surface area contributed by atoms with E-state index in [9.17, 15) is 9.59 Å². The number of hydrogen-bond acceptors (Lipinski definition) is 7. The summed E-state index contributed by atoms with van der Waals surface area (Å²) in [6.07, 6.45) is 0. The first kappa shape index (κ1) is 29.7. The fraction of sp³-hybridized carbons (Fsp3) is 0.344. The minimum Gasteiger partial charge on any atom is -0.492 e. The van der Waals surface area contributed by atoms with Gasteiger partial charge in [0.15, 0.2) is 5.78 Å². The molecule has 1 saturated heterocycles. The molecule has 1 unspecified atom stereocenters. The van der Waals surface area contributed by atoms with Crippen LogP contribution in [-0.4, -0.2) is 44.1 Å². The van der Waals surface area contributed by atoms with Crippen LogP contribution in [0.15, 0.2) is 59.8 Å². The molecule has 1 atom stereocenters. The Bertz CT molecular complexity index is 1590. The number of ether oxygens (including phenoxy) is 1. The SMILES string of the molecule is CC.CC(=O)O/N=C(\C)c1ccc2[nH]c3ccc(C(=O)c4ccc(OCC5CSC(C)(C)S5)cc4C)cc3c2c1. The monoisotopic (exact) mass is 576 g/mol. The molecule has 1 aliphatic heterocycles. The molecule has 1 fully saturated rings. The zero-order chi connectivity index (χ0) is 29.0. The molecule has 8 heteroatoms. The van der Waals surface area contributed by atoms with Crippen LogP contribution >= 0.6 is 23.5 Å². The zero-order valence-corrected chi connectivity index (χ0v) is 25.7. The Kier molecular flexibility index (Phi) is 9.31. The molecule has 1 aromatic heterocycles. The van der Waals surface area contributed by atoms with Gasteiger partial charge < -0.3 is 14.6 Å². The van der Waals surface area contributed by atoms with Crippen LogP contribution in [0.5, 0.6) is 5.75 Å². The van der Waals surface area contributed by atoms with E-state index in [2.05, 4.69) is 24.0 Å². The van der Waals surface area contributed by atoms with Crippen molar-refractivity contribution < 1.29 is 19.2 Å². The van der Waals surface area contributed by atoms with Crippen LogP contribution in [0.25, 0.3) is 21.8 Å². The van der Waals surface area contributed by atoms with Crippen molar-refractivity contribution in [2.45, 2.75) is 57.8 Å². The summed E-state index contributed by atoms with van der Waals surface area (Å²) in [4.78, 5) is 32.8. The van der Waals surface area contributed by atoms with Gasteiger partial charge in [0.25, 0.3) is 0 Å². The summed E-state index contributed by atoms with van der Waals surface area (Å²) in [5, 5.41) is 6.28. The van der Waals surface area contributed by atoms with Crippen LogP contribution in [-0.2, 0) is 9.63 Å². The van der Waals surface area contributed by atoms with Crippen LogP contribution in [0.2, 0.25) is 0 Å². The molecule has 0 bridgehead atoms. The van der Waals surface area contributed by atoms with Gasteiger partial charge in [0.05, 0.1) is 9.79 Å². The van der Waals surface area contributed by atoms with Crippen molar-refractivity contribution in [1.29, 1.82) is 0 Å². The second-order valence-corrected chi connectivity index (χ2v) is 13.8. The van der Waals surface area contributed by atoms with Gasteiger partial charge in [0, 0.05) is 50.9 Å². The number of nitrogens with zero attached hydrogens (tertiary/aromatic N) is 1. The lowest BCUT2D eigenvalue weighted by atomic mass is 9.97. The molecule has 2 heterocycles. The fourth-order valence-electron chi connectivity index (χ4n) is 4.62. The molecule has 6 nitrogen and oxygen atoms in total. The third kappa shape index (κ3) is 6.73. The lowest BCUT2D eigenvalue weighted by molar-refractivity contribution is -0.140. The summed E-state index contributed by atoms with van der Waals surface area (Å²) in [6.45, 7) is 14.2. The van der Waals surface area contributed by atoms with Crippen molar-refractivity contribution in [2.24, 2.45) is 5.16 Å². The molecule has 0 spiro atoms. The van der Waals surface area contributed by atoms with Gasteiger partial charge in [-0.25, -0.2) is 4.79 Å². The molecule has 0 amide bonds. The number of aryl methyl sites for hydroxylation is 1. The quantitative estimate of drug-likeness (QED) is 0.104. The smallest absolute Gasteiger partial charge is 0.331 e. The first-order chi connectivity index (χ1) is 19.1. The van der Waals surface area contributed by atoms with Gasteiger partial charge >= 0.3 is 5.97 Å². The van der Waals surface area contributed by atoms with Crippen molar-refractivity contribution in [3.05, 3.63) is 76.9 Å². The number of aromatic nitrogens is 1. The van der Waals surface area contributed by atoms with Gasteiger partial charge in [-0.15, -0.1) is 23.5 Å². The highest BCUT2D eigenvalue weighted by Gasteiger charge is 2.32. The van der Waals surface area contributed by atoms with Crippen molar-refractivity contribution >= 4 is 62.8 Å². The Morgan fingerprint density at radius 2 is 1.62 bits per heavy atom. The molecule has 5 rings (SSSR count). The lowest BCUT2D eigenvalue weighted by Gasteiger charge is -2.16. The zero-order valence-electron chi connectivity index (χ0n) is 24.1. The molecular formula is C32H36N2O4S2. The Balaban J connectivity index is 0.00000181. The minimum atomic E-state index is -0.466. The molecule has 1 aliphatic rings. The van der Waals surface area contributed by atoms with Crippen LogP contribution in [0.1, 0.15) is 68.6 Å². The van der Waals surface area contributed by atoms with Crippen molar-refractivity contribution in [3.63, 3.8) is 0 Å². The first-order valence-corrected chi connectivity index (χ1v) is 15.3. The van der Waals surface area contributed by atoms with E-state index in [1.807, 2.05) is 98.9 Å². The summed E-state index contributed by atoms with van der Waals surface area (Å²) in [5.74, 6) is 1.38. The maximum Gasteiger partial charge on any atom is 0.331 e. The normalized spacial score (nSPS) is 16.5. The molecule has 3 aromatic carbocycles. The number of nitrogens with one attached hydrogen (secondary N) is 1. The highest BCUT2D eigenvalue weighted by atomic mass is 32.2. The summed E-state index contributed by atoms with van der Waals surface area (Å²) in [7, 11) is 0.